The summed E-state index contributed by atoms with van der Waals surface area (Å²) in [4.78, 5) is 47.4. The van der Waals surface area contributed by atoms with Gasteiger partial charge in [-0.05, 0) is 88.6 Å². The summed E-state index contributed by atoms with van der Waals surface area (Å²) in [5.74, 6) is -2.27. The summed E-state index contributed by atoms with van der Waals surface area (Å²) in [6.45, 7) is 1.68. The molecule has 1 N–H and O–H groups in total. The minimum Gasteiger partial charge on any atom is -0.458 e. The number of benzene rings is 1. The van der Waals surface area contributed by atoms with Crippen molar-refractivity contribution in [2.75, 3.05) is 0 Å². The zero-order valence-corrected chi connectivity index (χ0v) is 29.6. The van der Waals surface area contributed by atoms with Crippen LogP contribution in [0.2, 0.25) is 0 Å². The van der Waals surface area contributed by atoms with Crippen LogP contribution in [0.25, 0.3) is 33.1 Å². The summed E-state index contributed by atoms with van der Waals surface area (Å²) in [6, 6.07) is 6.22. The third-order valence-corrected chi connectivity index (χ3v) is 12.8. The van der Waals surface area contributed by atoms with E-state index in [0.717, 1.165) is 34.1 Å². The van der Waals surface area contributed by atoms with Gasteiger partial charge in [-0.15, -0.1) is 11.3 Å². The van der Waals surface area contributed by atoms with Crippen LogP contribution in [0.1, 0.15) is 50.8 Å². The number of sulfonamides is 1. The Morgan fingerprint density at radius 1 is 1.17 bits per heavy atom. The molecule has 18 heteroatoms. The van der Waals surface area contributed by atoms with Crippen molar-refractivity contribution >= 4 is 49.6 Å². The van der Waals surface area contributed by atoms with Crippen LogP contribution < -0.4 is 31.5 Å². The fourth-order valence-corrected chi connectivity index (χ4v) is 8.62. The lowest BCUT2D eigenvalue weighted by Gasteiger charge is -2.29. The summed E-state index contributed by atoms with van der Waals surface area (Å²) in [7, 11) is -4.18. The first kappa shape index (κ1) is 35.5. The number of hydrogen-bond acceptors (Lipinski definition) is 11. The number of carbonyl (C=O) groups is 1. The summed E-state index contributed by atoms with van der Waals surface area (Å²) in [5, 5.41) is -0.0321. The van der Waals surface area contributed by atoms with E-state index < -0.39 is 74.4 Å². The SMILES string of the molecule is Cc1c(-c2ncco2)sc2c1c(=O)n(C(C)(C)C(=O)NS(=O)(=O)C1(C)CC1)c(=O)n2C[C@H](OC1C=c2ccc(o2)=C1)c1cc(F)ccc1OC(F)F. The molecule has 2 aliphatic rings. The third-order valence-electron chi connectivity index (χ3n) is 9.29. The number of hydrogen-bond donors (Lipinski definition) is 1. The number of aromatic nitrogens is 3. The number of alkyl halides is 2. The summed E-state index contributed by atoms with van der Waals surface area (Å²) in [6.07, 6.45) is 4.23. The number of rotatable bonds is 12. The maximum absolute atomic E-state index is 14.9. The molecular formula is C34H31F3N4O9S2. The number of aryl methyl sites for hydroxylation is 1. The van der Waals surface area contributed by atoms with Gasteiger partial charge in [0.1, 0.15) is 51.2 Å². The fourth-order valence-electron chi connectivity index (χ4n) is 6.00. The first-order chi connectivity index (χ1) is 24.5. The highest BCUT2D eigenvalue weighted by atomic mass is 32.2. The highest BCUT2D eigenvalue weighted by Crippen LogP contribution is 2.42. The largest absolute Gasteiger partial charge is 0.458 e. The Labute approximate surface area is 296 Å². The smallest absolute Gasteiger partial charge is 0.387 e. The number of amides is 1. The molecule has 1 aliphatic heterocycles. The van der Waals surface area contributed by atoms with Crippen molar-refractivity contribution in [1.29, 1.82) is 0 Å². The summed E-state index contributed by atoms with van der Waals surface area (Å²) >= 11 is 0.960. The molecule has 0 radical (unpaired) electrons. The molecule has 1 fully saturated rings. The van der Waals surface area contributed by atoms with E-state index in [1.807, 2.05) is 4.72 Å². The normalized spacial score (nSPS) is 16.1. The second-order valence-electron chi connectivity index (χ2n) is 13.3. The quantitative estimate of drug-likeness (QED) is 0.199. The van der Waals surface area contributed by atoms with Crippen LogP contribution in [0.3, 0.4) is 0 Å². The number of fused-ring (bicyclic) bond motifs is 3. The Hall–Kier alpha value is -4.94. The van der Waals surface area contributed by atoms with Gasteiger partial charge in [-0.3, -0.25) is 18.9 Å². The van der Waals surface area contributed by atoms with E-state index in [1.165, 1.54) is 33.2 Å². The van der Waals surface area contributed by atoms with Crippen molar-refractivity contribution in [3.63, 3.8) is 0 Å². The average Bonchev–Trinajstić information content (AvgIpc) is 3.35. The lowest BCUT2D eigenvalue weighted by Crippen LogP contribution is -2.57. The van der Waals surface area contributed by atoms with Crippen molar-refractivity contribution in [3.05, 3.63) is 91.4 Å². The molecular weight excluding hydrogens is 730 g/mol. The van der Waals surface area contributed by atoms with Crippen molar-refractivity contribution in [2.45, 2.75) is 76.2 Å². The second kappa shape index (κ2) is 12.6. The second-order valence-corrected chi connectivity index (χ2v) is 16.5. The van der Waals surface area contributed by atoms with Gasteiger partial charge in [0.25, 0.3) is 11.5 Å². The topological polar surface area (TPSA) is 165 Å². The highest BCUT2D eigenvalue weighted by Gasteiger charge is 2.52. The van der Waals surface area contributed by atoms with E-state index in [-0.39, 0.29) is 21.7 Å². The van der Waals surface area contributed by atoms with Gasteiger partial charge >= 0.3 is 12.3 Å². The molecule has 1 aliphatic carbocycles. The molecule has 1 atom stereocenters. The van der Waals surface area contributed by atoms with Gasteiger partial charge in [-0.25, -0.2) is 27.2 Å². The molecule has 1 amide bonds. The van der Waals surface area contributed by atoms with Crippen LogP contribution >= 0.6 is 11.3 Å². The summed E-state index contributed by atoms with van der Waals surface area (Å²) < 4.78 is 93.0. The van der Waals surface area contributed by atoms with E-state index in [2.05, 4.69) is 4.98 Å². The Morgan fingerprint density at radius 3 is 2.48 bits per heavy atom. The van der Waals surface area contributed by atoms with E-state index in [0.29, 0.717) is 38.7 Å². The van der Waals surface area contributed by atoms with Crippen LogP contribution in [0, 0.1) is 12.7 Å². The van der Waals surface area contributed by atoms with E-state index in [9.17, 15) is 36.0 Å². The van der Waals surface area contributed by atoms with Crippen LogP contribution in [-0.4, -0.2) is 45.9 Å². The van der Waals surface area contributed by atoms with Crippen LogP contribution in [0.5, 0.6) is 5.75 Å². The van der Waals surface area contributed by atoms with Gasteiger partial charge in [0, 0.05) is 5.56 Å². The molecule has 5 heterocycles. The minimum atomic E-state index is -4.18. The van der Waals surface area contributed by atoms with E-state index in [4.69, 9.17) is 18.3 Å². The van der Waals surface area contributed by atoms with E-state index >= 15 is 0 Å². The first-order valence-corrected chi connectivity index (χ1v) is 18.2. The van der Waals surface area contributed by atoms with Gasteiger partial charge < -0.3 is 18.3 Å². The van der Waals surface area contributed by atoms with Crippen molar-refractivity contribution < 1.29 is 44.7 Å². The van der Waals surface area contributed by atoms with Gasteiger partial charge in [0.15, 0.2) is 0 Å². The molecule has 0 saturated heterocycles. The standard InChI is InChI=1S/C34H31F3N4O9S2/c1-17-25-28(42)41(33(2,3)30(43)39-52(45,46)34(4)9-10-34)32(44)40(29(25)51-26(17)27-38-11-12-47-27)16-24(49-21-14-19-6-7-20(15-21)48-19)22-13-18(35)5-8-23(22)50-31(36)37/h5-8,11-15,21,24,31H,9-10,16H2,1-4H3,(H,39,43)/t24-/m0/s1. The lowest BCUT2D eigenvalue weighted by atomic mass is 10.0. The number of carbonyl (C=O) groups excluding carboxylic acids is 1. The molecule has 5 aromatic rings. The molecule has 0 spiro atoms. The highest BCUT2D eigenvalue weighted by molar-refractivity contribution is 7.91. The van der Waals surface area contributed by atoms with E-state index in [1.54, 1.807) is 31.2 Å². The van der Waals surface area contributed by atoms with Gasteiger partial charge in [0.2, 0.25) is 15.9 Å². The number of nitrogens with one attached hydrogen (secondary N) is 1. The number of furan rings is 1. The van der Waals surface area contributed by atoms with Crippen molar-refractivity contribution in [2.24, 2.45) is 0 Å². The molecule has 274 valence electrons. The number of oxazole rings is 1. The maximum atomic E-state index is 14.9. The Bertz CT molecular complexity index is 2550. The lowest BCUT2D eigenvalue weighted by molar-refractivity contribution is -0.126. The molecule has 2 bridgehead atoms. The van der Waals surface area contributed by atoms with Crippen LogP contribution in [0.4, 0.5) is 13.2 Å². The predicted molar refractivity (Wildman–Crippen MR) is 182 cm³/mol. The van der Waals surface area contributed by atoms with Crippen molar-refractivity contribution in [3.8, 4) is 16.5 Å². The van der Waals surface area contributed by atoms with Crippen LogP contribution in [0.15, 0.2) is 61.2 Å². The molecule has 1 saturated carbocycles. The molecule has 4 aromatic heterocycles. The Kier molecular flexibility index (Phi) is 8.61. The van der Waals surface area contributed by atoms with Gasteiger partial charge in [-0.1, -0.05) is 0 Å². The van der Waals surface area contributed by atoms with Crippen molar-refractivity contribution in [1.82, 2.24) is 18.8 Å². The minimum absolute atomic E-state index is 0.0321. The number of halogens is 3. The van der Waals surface area contributed by atoms with Gasteiger partial charge in [-0.2, -0.15) is 8.78 Å². The number of ether oxygens (including phenoxy) is 2. The Balaban J connectivity index is 1.44. The molecule has 52 heavy (non-hydrogen) atoms. The molecule has 1 aromatic carbocycles. The fraction of sp³-hybridized carbons (Fsp3) is 0.353. The maximum Gasteiger partial charge on any atom is 0.387 e. The average molecular weight is 761 g/mol. The predicted octanol–water partition coefficient (Wildman–Crippen LogP) is 3.66. The zero-order chi connectivity index (χ0) is 37.3. The van der Waals surface area contributed by atoms with Crippen LogP contribution in [-0.2, 0) is 31.6 Å². The van der Waals surface area contributed by atoms with Gasteiger partial charge in [0.05, 0.1) is 27.8 Å². The first-order valence-electron chi connectivity index (χ1n) is 15.9. The molecule has 7 rings (SSSR count). The number of nitrogens with zero attached hydrogens (tertiary/aromatic N) is 3. The Morgan fingerprint density at radius 2 is 1.87 bits per heavy atom. The zero-order valence-electron chi connectivity index (χ0n) is 28.0. The monoisotopic (exact) mass is 760 g/mol. The molecule has 13 nitrogen and oxygen atoms in total. The molecule has 0 unspecified atom stereocenters. The third kappa shape index (κ3) is 6.17. The number of thiophene rings is 1. The summed E-state index contributed by atoms with van der Waals surface area (Å²) in [5.41, 5.74) is -3.07.